The molecule has 2 aromatic rings. The minimum Gasteiger partial charge on any atom is -0.423 e. The van der Waals surface area contributed by atoms with Crippen LogP contribution < -0.4 is 10.5 Å². The van der Waals surface area contributed by atoms with Gasteiger partial charge in [-0.25, -0.2) is 4.79 Å². The van der Waals surface area contributed by atoms with Gasteiger partial charge in [-0.05, 0) is 31.2 Å². The first-order valence-corrected chi connectivity index (χ1v) is 5.30. The minimum atomic E-state index is -0.438. The second-order valence-corrected chi connectivity index (χ2v) is 3.79. The number of hydrogen-bond acceptors (Lipinski definition) is 3. The van der Waals surface area contributed by atoms with E-state index < -0.39 is 5.97 Å². The van der Waals surface area contributed by atoms with Crippen molar-refractivity contribution in [2.24, 2.45) is 0 Å². The molecule has 0 spiro atoms. The SMILES string of the molecule is Cc1ccc(OC(=O)c2ccccc2N)cc1. The molecule has 0 aliphatic carbocycles. The number of carbonyl (C=O) groups is 1. The molecule has 2 aromatic carbocycles. The first kappa shape index (κ1) is 11.2. The van der Waals surface area contributed by atoms with E-state index in [9.17, 15) is 4.79 Å². The van der Waals surface area contributed by atoms with E-state index in [0.717, 1.165) is 5.56 Å². The Bertz CT molecular complexity index is 532. The van der Waals surface area contributed by atoms with Crippen LogP contribution in [-0.4, -0.2) is 5.97 Å². The van der Waals surface area contributed by atoms with E-state index in [1.54, 1.807) is 36.4 Å². The van der Waals surface area contributed by atoms with Gasteiger partial charge >= 0.3 is 5.97 Å². The number of esters is 1. The van der Waals surface area contributed by atoms with Crippen LogP contribution in [0.1, 0.15) is 15.9 Å². The number of anilines is 1. The third kappa shape index (κ3) is 2.64. The van der Waals surface area contributed by atoms with Crippen LogP contribution in [0.15, 0.2) is 48.5 Å². The maximum atomic E-state index is 11.8. The molecule has 0 aromatic heterocycles. The molecule has 0 saturated carbocycles. The molecule has 0 radical (unpaired) electrons. The molecule has 3 nitrogen and oxygen atoms in total. The second kappa shape index (κ2) is 4.70. The number of hydrogen-bond donors (Lipinski definition) is 1. The molecule has 0 aliphatic rings. The summed E-state index contributed by atoms with van der Waals surface area (Å²) in [5, 5.41) is 0. The molecule has 0 heterocycles. The Kier molecular flexibility index (Phi) is 3.10. The fourth-order valence-corrected chi connectivity index (χ4v) is 1.45. The van der Waals surface area contributed by atoms with Crippen LogP contribution in [0.25, 0.3) is 0 Å². The molecule has 0 atom stereocenters. The highest BCUT2D eigenvalue weighted by Crippen LogP contribution is 2.16. The number of benzene rings is 2. The van der Waals surface area contributed by atoms with Gasteiger partial charge in [-0.15, -0.1) is 0 Å². The lowest BCUT2D eigenvalue weighted by Crippen LogP contribution is -2.10. The zero-order chi connectivity index (χ0) is 12.3. The summed E-state index contributed by atoms with van der Waals surface area (Å²) in [6, 6.07) is 14.1. The molecular formula is C14H13NO2. The fraction of sp³-hybridized carbons (Fsp3) is 0.0714. The smallest absolute Gasteiger partial charge is 0.345 e. The van der Waals surface area contributed by atoms with E-state index >= 15 is 0 Å². The summed E-state index contributed by atoms with van der Waals surface area (Å²) >= 11 is 0. The number of nitrogens with two attached hydrogens (primary N) is 1. The standard InChI is InChI=1S/C14H13NO2/c1-10-6-8-11(9-7-10)17-14(16)12-4-2-3-5-13(12)15/h2-9H,15H2,1H3. The van der Waals surface area contributed by atoms with Crippen LogP contribution in [0.3, 0.4) is 0 Å². The van der Waals surface area contributed by atoms with Gasteiger partial charge in [0.05, 0.1) is 5.56 Å². The largest absolute Gasteiger partial charge is 0.423 e. The van der Waals surface area contributed by atoms with E-state index in [4.69, 9.17) is 10.5 Å². The van der Waals surface area contributed by atoms with Gasteiger partial charge in [0.1, 0.15) is 5.75 Å². The lowest BCUT2D eigenvalue weighted by Gasteiger charge is -2.06. The molecule has 0 aliphatic heterocycles. The van der Waals surface area contributed by atoms with E-state index in [1.165, 1.54) is 0 Å². The van der Waals surface area contributed by atoms with Crippen molar-refractivity contribution >= 4 is 11.7 Å². The van der Waals surface area contributed by atoms with E-state index in [-0.39, 0.29) is 0 Å². The summed E-state index contributed by atoms with van der Waals surface area (Å²) in [5.74, 6) is 0.0795. The Hall–Kier alpha value is -2.29. The summed E-state index contributed by atoms with van der Waals surface area (Å²) in [7, 11) is 0. The van der Waals surface area contributed by atoms with Crippen molar-refractivity contribution in [3.05, 3.63) is 59.7 Å². The lowest BCUT2D eigenvalue weighted by atomic mass is 10.2. The van der Waals surface area contributed by atoms with E-state index in [1.807, 2.05) is 19.1 Å². The molecule has 86 valence electrons. The van der Waals surface area contributed by atoms with Crippen LogP contribution >= 0.6 is 0 Å². The number of nitrogen functional groups attached to an aromatic ring is 1. The number of aryl methyl sites for hydroxylation is 1. The summed E-state index contributed by atoms with van der Waals surface area (Å²) in [5.41, 5.74) is 7.62. The normalized spacial score (nSPS) is 9.94. The van der Waals surface area contributed by atoms with Gasteiger partial charge in [0.15, 0.2) is 0 Å². The van der Waals surface area contributed by atoms with Crippen LogP contribution in [0.5, 0.6) is 5.75 Å². The highest BCUT2D eigenvalue weighted by molar-refractivity contribution is 5.96. The molecule has 0 unspecified atom stereocenters. The highest BCUT2D eigenvalue weighted by atomic mass is 16.5. The molecule has 2 N–H and O–H groups in total. The first-order valence-electron chi connectivity index (χ1n) is 5.30. The average Bonchev–Trinajstić information content (AvgIpc) is 2.32. The van der Waals surface area contributed by atoms with Gasteiger partial charge in [-0.2, -0.15) is 0 Å². The molecule has 0 amide bonds. The molecule has 0 bridgehead atoms. The number of ether oxygens (including phenoxy) is 1. The molecule has 17 heavy (non-hydrogen) atoms. The predicted molar refractivity (Wildman–Crippen MR) is 67.0 cm³/mol. The van der Waals surface area contributed by atoms with Gasteiger partial charge in [-0.3, -0.25) is 0 Å². The third-order valence-electron chi connectivity index (χ3n) is 2.41. The van der Waals surface area contributed by atoms with Crippen molar-refractivity contribution in [3.8, 4) is 5.75 Å². The number of rotatable bonds is 2. The van der Waals surface area contributed by atoms with Gasteiger partial charge < -0.3 is 10.5 Å². The summed E-state index contributed by atoms with van der Waals surface area (Å²) in [6.45, 7) is 1.97. The Balaban J connectivity index is 2.17. The predicted octanol–water partition coefficient (Wildman–Crippen LogP) is 2.80. The quantitative estimate of drug-likeness (QED) is 0.487. The Morgan fingerprint density at radius 2 is 1.71 bits per heavy atom. The third-order valence-corrected chi connectivity index (χ3v) is 2.41. The van der Waals surface area contributed by atoms with Crippen molar-refractivity contribution < 1.29 is 9.53 Å². The zero-order valence-corrected chi connectivity index (χ0v) is 9.51. The molecule has 2 rings (SSSR count). The van der Waals surface area contributed by atoms with Gasteiger partial charge in [0.25, 0.3) is 0 Å². The monoisotopic (exact) mass is 227 g/mol. The van der Waals surface area contributed by atoms with E-state index in [0.29, 0.717) is 17.0 Å². The van der Waals surface area contributed by atoms with Crippen molar-refractivity contribution in [2.45, 2.75) is 6.92 Å². The topological polar surface area (TPSA) is 52.3 Å². The maximum Gasteiger partial charge on any atom is 0.345 e. The Labute approximate surface area is 99.8 Å². The fourth-order valence-electron chi connectivity index (χ4n) is 1.45. The van der Waals surface area contributed by atoms with Crippen molar-refractivity contribution in [1.29, 1.82) is 0 Å². The second-order valence-electron chi connectivity index (χ2n) is 3.79. The first-order chi connectivity index (χ1) is 8.16. The maximum absolute atomic E-state index is 11.8. The average molecular weight is 227 g/mol. The molecule has 0 saturated heterocycles. The summed E-state index contributed by atoms with van der Waals surface area (Å²) < 4.78 is 5.22. The van der Waals surface area contributed by atoms with E-state index in [2.05, 4.69) is 0 Å². The van der Waals surface area contributed by atoms with Gasteiger partial charge in [-0.1, -0.05) is 29.8 Å². The van der Waals surface area contributed by atoms with Crippen LogP contribution in [0.2, 0.25) is 0 Å². The summed E-state index contributed by atoms with van der Waals surface area (Å²) in [4.78, 5) is 11.8. The van der Waals surface area contributed by atoms with Crippen molar-refractivity contribution in [2.75, 3.05) is 5.73 Å². The van der Waals surface area contributed by atoms with Crippen molar-refractivity contribution in [3.63, 3.8) is 0 Å². The minimum absolute atomic E-state index is 0.382. The number of carbonyl (C=O) groups excluding carboxylic acids is 1. The lowest BCUT2D eigenvalue weighted by molar-refractivity contribution is 0.0736. The van der Waals surface area contributed by atoms with Gasteiger partial charge in [0.2, 0.25) is 0 Å². The Morgan fingerprint density at radius 3 is 2.35 bits per heavy atom. The van der Waals surface area contributed by atoms with Crippen LogP contribution in [0.4, 0.5) is 5.69 Å². The zero-order valence-electron chi connectivity index (χ0n) is 9.51. The molecule has 3 heteroatoms. The Morgan fingerprint density at radius 1 is 1.06 bits per heavy atom. The van der Waals surface area contributed by atoms with Crippen molar-refractivity contribution in [1.82, 2.24) is 0 Å². The number of para-hydroxylation sites is 1. The highest BCUT2D eigenvalue weighted by Gasteiger charge is 2.10. The molecular weight excluding hydrogens is 214 g/mol. The summed E-state index contributed by atoms with van der Waals surface area (Å²) in [6.07, 6.45) is 0. The van der Waals surface area contributed by atoms with Gasteiger partial charge in [0, 0.05) is 5.69 Å². The molecule has 0 fully saturated rings. The van der Waals surface area contributed by atoms with Crippen LogP contribution in [0, 0.1) is 6.92 Å². The van der Waals surface area contributed by atoms with Crippen LogP contribution in [-0.2, 0) is 0 Å².